The average molecular weight is 412 g/mol. The van der Waals surface area contributed by atoms with E-state index in [1.54, 1.807) is 7.11 Å². The molecule has 2 aromatic rings. The van der Waals surface area contributed by atoms with Crippen molar-refractivity contribution in [2.24, 2.45) is 7.05 Å². The van der Waals surface area contributed by atoms with Crippen molar-refractivity contribution in [1.29, 1.82) is 0 Å². The Morgan fingerprint density at radius 2 is 2.10 bits per heavy atom. The van der Waals surface area contributed by atoms with Gasteiger partial charge >= 0.3 is 0 Å². The van der Waals surface area contributed by atoms with Crippen molar-refractivity contribution in [3.63, 3.8) is 0 Å². The minimum atomic E-state index is -0.0677. The maximum Gasteiger partial charge on any atom is 0.272 e. The number of aryl methyl sites for hydroxylation is 1. The number of benzene rings is 1. The predicted octanol–water partition coefficient (Wildman–Crippen LogP) is 1.82. The Morgan fingerprint density at radius 1 is 1.27 bits per heavy atom. The number of carbonyl (C=O) groups is 1. The van der Waals surface area contributed by atoms with Gasteiger partial charge in [-0.05, 0) is 18.4 Å². The number of nitrogens with one attached hydrogen (secondary N) is 1. The molecule has 1 amide bonds. The largest absolute Gasteiger partial charge is 0.385 e. The maximum absolute atomic E-state index is 12.7. The zero-order valence-electron chi connectivity index (χ0n) is 18.1. The highest BCUT2D eigenvalue weighted by molar-refractivity contribution is 5.94. The van der Waals surface area contributed by atoms with E-state index in [2.05, 4.69) is 50.5 Å². The fourth-order valence-corrected chi connectivity index (χ4v) is 4.70. The van der Waals surface area contributed by atoms with Crippen LogP contribution in [0.4, 0.5) is 0 Å². The number of hydrogen-bond acceptors (Lipinski definition) is 5. The summed E-state index contributed by atoms with van der Waals surface area (Å²) >= 11 is 0. The molecule has 0 spiro atoms. The van der Waals surface area contributed by atoms with E-state index in [1.165, 1.54) is 17.7 Å². The van der Waals surface area contributed by atoms with Crippen LogP contribution in [0.2, 0.25) is 0 Å². The second-order valence-electron chi connectivity index (χ2n) is 8.38. The standard InChI is InChI=1S/C23H33N5O2/c1-26-21-10-13-28(17-20(21)22(25-26)23(29)24-11-6-14-30-2)19-9-12-27(16-19)15-18-7-4-3-5-8-18/h3-5,7-8,19H,6,9-17H2,1-2H3,(H,24,29). The molecule has 2 aliphatic heterocycles. The van der Waals surface area contributed by atoms with E-state index in [1.807, 2.05) is 11.7 Å². The van der Waals surface area contributed by atoms with Gasteiger partial charge in [-0.2, -0.15) is 5.10 Å². The zero-order valence-corrected chi connectivity index (χ0v) is 18.1. The molecule has 30 heavy (non-hydrogen) atoms. The van der Waals surface area contributed by atoms with Crippen LogP contribution >= 0.6 is 0 Å². The van der Waals surface area contributed by atoms with Crippen molar-refractivity contribution in [2.45, 2.75) is 38.4 Å². The first-order valence-corrected chi connectivity index (χ1v) is 11.0. The summed E-state index contributed by atoms with van der Waals surface area (Å²) in [5, 5.41) is 7.55. The van der Waals surface area contributed by atoms with Gasteiger partial charge in [-0.25, -0.2) is 0 Å². The highest BCUT2D eigenvalue weighted by Gasteiger charge is 2.33. The fraction of sp³-hybridized carbons (Fsp3) is 0.565. The van der Waals surface area contributed by atoms with Crippen molar-refractivity contribution in [2.75, 3.05) is 39.9 Å². The van der Waals surface area contributed by atoms with Gasteiger partial charge in [-0.3, -0.25) is 19.3 Å². The van der Waals surface area contributed by atoms with Gasteiger partial charge in [-0.1, -0.05) is 30.3 Å². The molecular formula is C23H33N5O2. The van der Waals surface area contributed by atoms with Crippen LogP contribution in [0.1, 0.15) is 40.2 Å². The summed E-state index contributed by atoms with van der Waals surface area (Å²) in [6.07, 6.45) is 2.94. The minimum Gasteiger partial charge on any atom is -0.385 e. The molecule has 1 unspecified atom stereocenters. The fourth-order valence-electron chi connectivity index (χ4n) is 4.70. The number of rotatable bonds is 8. The summed E-state index contributed by atoms with van der Waals surface area (Å²) in [6.45, 7) is 6.33. The van der Waals surface area contributed by atoms with Crippen LogP contribution in [0.15, 0.2) is 30.3 Å². The van der Waals surface area contributed by atoms with Gasteiger partial charge in [-0.15, -0.1) is 0 Å². The van der Waals surface area contributed by atoms with Crippen molar-refractivity contribution in [3.05, 3.63) is 52.8 Å². The molecule has 1 aromatic carbocycles. The van der Waals surface area contributed by atoms with Crippen LogP contribution in [0.5, 0.6) is 0 Å². The summed E-state index contributed by atoms with van der Waals surface area (Å²) in [6, 6.07) is 11.2. The average Bonchev–Trinajstić information content (AvgIpc) is 3.36. The molecule has 7 heteroatoms. The molecule has 162 valence electrons. The third-order valence-electron chi connectivity index (χ3n) is 6.31. The molecule has 0 radical (unpaired) electrons. The number of fused-ring (bicyclic) bond motifs is 1. The molecule has 0 bridgehead atoms. The van der Waals surface area contributed by atoms with Crippen LogP contribution in [0.25, 0.3) is 0 Å². The highest BCUT2D eigenvalue weighted by Crippen LogP contribution is 2.27. The van der Waals surface area contributed by atoms with E-state index < -0.39 is 0 Å². The molecule has 1 atom stereocenters. The van der Waals surface area contributed by atoms with Crippen LogP contribution in [-0.4, -0.2) is 71.4 Å². The van der Waals surface area contributed by atoms with Gasteiger partial charge in [0.2, 0.25) is 0 Å². The van der Waals surface area contributed by atoms with E-state index in [0.717, 1.165) is 51.1 Å². The van der Waals surface area contributed by atoms with Crippen molar-refractivity contribution < 1.29 is 9.53 Å². The Kier molecular flexibility index (Phi) is 6.82. The number of aromatic nitrogens is 2. The van der Waals surface area contributed by atoms with E-state index in [9.17, 15) is 4.79 Å². The number of likely N-dealkylation sites (tertiary alicyclic amines) is 1. The summed E-state index contributed by atoms with van der Waals surface area (Å²) < 4.78 is 6.96. The lowest BCUT2D eigenvalue weighted by Gasteiger charge is -2.32. The normalized spacial score (nSPS) is 19.7. The van der Waals surface area contributed by atoms with Crippen molar-refractivity contribution in [1.82, 2.24) is 24.9 Å². The van der Waals surface area contributed by atoms with Gasteiger partial charge in [0.1, 0.15) is 0 Å². The lowest BCUT2D eigenvalue weighted by molar-refractivity contribution is 0.0939. The van der Waals surface area contributed by atoms with Crippen LogP contribution in [-0.2, 0) is 31.3 Å². The maximum atomic E-state index is 12.7. The number of nitrogens with zero attached hydrogens (tertiary/aromatic N) is 4. The quantitative estimate of drug-likeness (QED) is 0.672. The predicted molar refractivity (Wildman–Crippen MR) is 116 cm³/mol. The van der Waals surface area contributed by atoms with E-state index in [4.69, 9.17) is 4.74 Å². The Labute approximate surface area is 179 Å². The molecule has 0 aliphatic carbocycles. The summed E-state index contributed by atoms with van der Waals surface area (Å²) in [4.78, 5) is 17.8. The number of carbonyl (C=O) groups excluding carboxylic acids is 1. The van der Waals surface area contributed by atoms with Gasteiger partial charge in [0.25, 0.3) is 5.91 Å². The second-order valence-corrected chi connectivity index (χ2v) is 8.38. The van der Waals surface area contributed by atoms with Crippen LogP contribution < -0.4 is 5.32 Å². The summed E-state index contributed by atoms with van der Waals surface area (Å²) in [5.74, 6) is -0.0677. The third-order valence-corrected chi connectivity index (χ3v) is 6.31. The summed E-state index contributed by atoms with van der Waals surface area (Å²) in [7, 11) is 3.63. The molecule has 0 saturated carbocycles. The Hall–Kier alpha value is -2.22. The van der Waals surface area contributed by atoms with Gasteiger partial charge < -0.3 is 10.1 Å². The molecule has 1 fully saturated rings. The Morgan fingerprint density at radius 3 is 2.90 bits per heavy atom. The number of hydrogen-bond donors (Lipinski definition) is 1. The Balaban J connectivity index is 1.38. The molecule has 4 rings (SSSR count). The number of ether oxygens (including phenoxy) is 1. The van der Waals surface area contributed by atoms with Crippen LogP contribution in [0.3, 0.4) is 0 Å². The molecular weight excluding hydrogens is 378 g/mol. The highest BCUT2D eigenvalue weighted by atomic mass is 16.5. The topological polar surface area (TPSA) is 62.6 Å². The van der Waals surface area contributed by atoms with Crippen molar-refractivity contribution >= 4 is 5.91 Å². The molecule has 3 heterocycles. The smallest absolute Gasteiger partial charge is 0.272 e. The Bertz CT molecular complexity index is 851. The first-order chi connectivity index (χ1) is 14.7. The molecule has 1 N–H and O–H groups in total. The molecule has 1 saturated heterocycles. The summed E-state index contributed by atoms with van der Waals surface area (Å²) in [5.41, 5.74) is 4.27. The van der Waals surface area contributed by atoms with Crippen LogP contribution in [0, 0.1) is 0 Å². The first-order valence-electron chi connectivity index (χ1n) is 11.0. The number of methoxy groups -OCH3 is 1. The number of amides is 1. The van der Waals surface area contributed by atoms with Gasteiger partial charge in [0, 0.05) is 83.8 Å². The molecule has 2 aliphatic rings. The van der Waals surface area contributed by atoms with Gasteiger partial charge in [0.15, 0.2) is 5.69 Å². The minimum absolute atomic E-state index is 0.0677. The van der Waals surface area contributed by atoms with E-state index >= 15 is 0 Å². The lowest BCUT2D eigenvalue weighted by atomic mass is 10.0. The zero-order chi connectivity index (χ0) is 20.9. The van der Waals surface area contributed by atoms with E-state index in [0.29, 0.717) is 24.9 Å². The van der Waals surface area contributed by atoms with Crippen molar-refractivity contribution in [3.8, 4) is 0 Å². The molecule has 7 nitrogen and oxygen atoms in total. The monoisotopic (exact) mass is 411 g/mol. The van der Waals surface area contributed by atoms with Gasteiger partial charge in [0.05, 0.1) is 0 Å². The molecule has 1 aromatic heterocycles. The third kappa shape index (κ3) is 4.74. The van der Waals surface area contributed by atoms with E-state index in [-0.39, 0.29) is 5.91 Å². The second kappa shape index (κ2) is 9.73. The lowest BCUT2D eigenvalue weighted by Crippen LogP contribution is -2.41. The first kappa shape index (κ1) is 21.0. The SMILES string of the molecule is COCCCNC(=O)c1nn(C)c2c1CN(C1CCN(Cc3ccccc3)C1)CC2.